The van der Waals surface area contributed by atoms with E-state index < -0.39 is 0 Å². The van der Waals surface area contributed by atoms with Crippen LogP contribution in [0, 0.1) is 12.8 Å². The Balaban J connectivity index is 1.94. The highest BCUT2D eigenvalue weighted by atomic mass is 16.2. The van der Waals surface area contributed by atoms with Crippen LogP contribution in [0.5, 0.6) is 0 Å². The summed E-state index contributed by atoms with van der Waals surface area (Å²) < 4.78 is 1.99. The second kappa shape index (κ2) is 7.35. The molecule has 0 aromatic carbocycles. The monoisotopic (exact) mass is 357 g/mol. The van der Waals surface area contributed by atoms with Crippen LogP contribution < -0.4 is 10.6 Å². The standard InChI is InChI=1S/C19H27N5O2/c1-4-22(5-2)18-13(3)21-16-9-8-15(12-24(16)18)19(26)23-10-6-7-14(11-23)17(20)25/h8-9,12,14H,4-7,10-11H2,1-3H3,(H2,20,25). The number of carbonyl (C=O) groups excluding carboxylic acids is 2. The lowest BCUT2D eigenvalue weighted by molar-refractivity contribution is -0.123. The number of likely N-dealkylation sites (tertiary alicyclic amines) is 1. The summed E-state index contributed by atoms with van der Waals surface area (Å²) in [4.78, 5) is 33.0. The van der Waals surface area contributed by atoms with Gasteiger partial charge >= 0.3 is 0 Å². The van der Waals surface area contributed by atoms with Crippen LogP contribution in [0.25, 0.3) is 5.65 Å². The molecule has 7 nitrogen and oxygen atoms in total. The van der Waals surface area contributed by atoms with Crippen LogP contribution in [0.2, 0.25) is 0 Å². The third-order valence-corrected chi connectivity index (χ3v) is 5.18. The second-order valence-electron chi connectivity index (χ2n) is 6.83. The van der Waals surface area contributed by atoms with E-state index in [2.05, 4.69) is 23.7 Å². The first-order valence-electron chi connectivity index (χ1n) is 9.28. The van der Waals surface area contributed by atoms with E-state index in [0.29, 0.717) is 18.7 Å². The van der Waals surface area contributed by atoms with Gasteiger partial charge in [0.1, 0.15) is 11.5 Å². The number of carbonyl (C=O) groups is 2. The Bertz CT molecular complexity index is 825. The number of aryl methyl sites for hydroxylation is 1. The third-order valence-electron chi connectivity index (χ3n) is 5.18. The minimum Gasteiger partial charge on any atom is -0.369 e. The van der Waals surface area contributed by atoms with Crippen LogP contribution in [0.3, 0.4) is 0 Å². The van der Waals surface area contributed by atoms with Crippen LogP contribution in [0.15, 0.2) is 18.3 Å². The Morgan fingerprint density at radius 1 is 1.31 bits per heavy atom. The molecule has 2 aromatic heterocycles. The van der Waals surface area contributed by atoms with E-state index in [9.17, 15) is 9.59 Å². The Kier molecular flexibility index (Phi) is 5.15. The highest BCUT2D eigenvalue weighted by molar-refractivity contribution is 5.95. The molecule has 1 aliphatic rings. The van der Waals surface area contributed by atoms with E-state index in [4.69, 9.17) is 5.73 Å². The molecule has 0 aliphatic carbocycles. The summed E-state index contributed by atoms with van der Waals surface area (Å²) in [5.41, 5.74) is 7.82. The predicted molar refractivity (Wildman–Crippen MR) is 101 cm³/mol. The highest BCUT2D eigenvalue weighted by Gasteiger charge is 2.28. The van der Waals surface area contributed by atoms with Crippen molar-refractivity contribution in [2.24, 2.45) is 11.7 Å². The number of hydrogen-bond donors (Lipinski definition) is 1. The van der Waals surface area contributed by atoms with Gasteiger partial charge < -0.3 is 15.5 Å². The highest BCUT2D eigenvalue weighted by Crippen LogP contribution is 2.24. The summed E-state index contributed by atoms with van der Waals surface area (Å²) in [6.07, 6.45) is 3.42. The summed E-state index contributed by atoms with van der Waals surface area (Å²) in [5, 5.41) is 0. The Hall–Kier alpha value is -2.57. The molecule has 0 radical (unpaired) electrons. The zero-order chi connectivity index (χ0) is 18.8. The van der Waals surface area contributed by atoms with Crippen LogP contribution in [0.4, 0.5) is 5.82 Å². The largest absolute Gasteiger partial charge is 0.369 e. The molecule has 2 amide bonds. The fourth-order valence-electron chi connectivity index (χ4n) is 3.76. The van der Waals surface area contributed by atoms with Gasteiger partial charge in [-0.3, -0.25) is 14.0 Å². The molecule has 1 fully saturated rings. The van der Waals surface area contributed by atoms with Gasteiger partial charge in [-0.25, -0.2) is 4.98 Å². The van der Waals surface area contributed by atoms with Crippen molar-refractivity contribution >= 4 is 23.3 Å². The molecule has 3 rings (SSSR count). The van der Waals surface area contributed by atoms with Gasteiger partial charge in [0.2, 0.25) is 5.91 Å². The molecule has 0 bridgehead atoms. The van der Waals surface area contributed by atoms with Crippen molar-refractivity contribution in [3.63, 3.8) is 0 Å². The molecule has 7 heteroatoms. The summed E-state index contributed by atoms with van der Waals surface area (Å²) in [5.74, 6) is 0.383. The van der Waals surface area contributed by atoms with Crippen molar-refractivity contribution in [3.8, 4) is 0 Å². The molecule has 1 aliphatic heterocycles. The molecule has 1 saturated heterocycles. The van der Waals surface area contributed by atoms with Crippen molar-refractivity contribution < 1.29 is 9.59 Å². The molecule has 26 heavy (non-hydrogen) atoms. The number of piperidine rings is 1. The summed E-state index contributed by atoms with van der Waals surface area (Å²) >= 11 is 0. The van der Waals surface area contributed by atoms with Gasteiger partial charge in [-0.2, -0.15) is 0 Å². The van der Waals surface area contributed by atoms with Gasteiger partial charge in [-0.05, 0) is 45.7 Å². The van der Waals surface area contributed by atoms with Gasteiger partial charge in [-0.1, -0.05) is 0 Å². The molecular formula is C19H27N5O2. The van der Waals surface area contributed by atoms with Gasteiger partial charge in [0.15, 0.2) is 0 Å². The van der Waals surface area contributed by atoms with Gasteiger partial charge in [0.25, 0.3) is 5.91 Å². The van der Waals surface area contributed by atoms with Gasteiger partial charge in [0, 0.05) is 32.4 Å². The summed E-state index contributed by atoms with van der Waals surface area (Å²) in [6, 6.07) is 3.69. The van der Waals surface area contributed by atoms with Crippen molar-refractivity contribution in [1.29, 1.82) is 0 Å². The van der Waals surface area contributed by atoms with Crippen LogP contribution in [-0.2, 0) is 4.79 Å². The lowest BCUT2D eigenvalue weighted by Gasteiger charge is -2.31. The number of pyridine rings is 1. The fourth-order valence-corrected chi connectivity index (χ4v) is 3.76. The number of imidazole rings is 1. The number of hydrogen-bond acceptors (Lipinski definition) is 4. The number of anilines is 1. The molecule has 1 unspecified atom stereocenters. The quantitative estimate of drug-likeness (QED) is 0.885. The first-order valence-corrected chi connectivity index (χ1v) is 9.28. The SMILES string of the molecule is CCN(CC)c1c(C)nc2ccc(C(=O)N3CCCC(C(N)=O)C3)cn12. The van der Waals surface area contributed by atoms with E-state index >= 15 is 0 Å². The van der Waals surface area contributed by atoms with E-state index in [1.165, 1.54) is 0 Å². The Labute approximate surface area is 153 Å². The molecule has 0 saturated carbocycles. The molecule has 3 heterocycles. The van der Waals surface area contributed by atoms with Crippen LogP contribution in [-0.4, -0.2) is 52.3 Å². The fraction of sp³-hybridized carbons (Fsp3) is 0.526. The summed E-state index contributed by atoms with van der Waals surface area (Å²) in [6.45, 7) is 9.00. The smallest absolute Gasteiger partial charge is 0.255 e. The van der Waals surface area contributed by atoms with E-state index in [-0.39, 0.29) is 17.7 Å². The van der Waals surface area contributed by atoms with E-state index in [1.807, 2.05) is 29.7 Å². The normalized spacial score (nSPS) is 17.5. The predicted octanol–water partition coefficient (Wildman–Crippen LogP) is 1.83. The average molecular weight is 357 g/mol. The number of rotatable bonds is 5. The zero-order valence-corrected chi connectivity index (χ0v) is 15.7. The lowest BCUT2D eigenvalue weighted by atomic mass is 9.97. The third kappa shape index (κ3) is 3.25. The maximum Gasteiger partial charge on any atom is 0.255 e. The zero-order valence-electron chi connectivity index (χ0n) is 15.7. The van der Waals surface area contributed by atoms with Gasteiger partial charge in [-0.15, -0.1) is 0 Å². The number of aromatic nitrogens is 2. The van der Waals surface area contributed by atoms with Gasteiger partial charge in [0.05, 0.1) is 17.2 Å². The van der Waals surface area contributed by atoms with Crippen molar-refractivity contribution in [2.45, 2.75) is 33.6 Å². The van der Waals surface area contributed by atoms with Crippen molar-refractivity contribution in [1.82, 2.24) is 14.3 Å². The molecule has 140 valence electrons. The second-order valence-corrected chi connectivity index (χ2v) is 6.83. The first kappa shape index (κ1) is 18.2. The molecule has 2 aromatic rings. The van der Waals surface area contributed by atoms with E-state index in [0.717, 1.165) is 43.1 Å². The number of primary amides is 1. The maximum absolute atomic E-state index is 13.0. The minimum absolute atomic E-state index is 0.0605. The lowest BCUT2D eigenvalue weighted by Crippen LogP contribution is -2.44. The first-order chi connectivity index (χ1) is 12.5. The van der Waals surface area contributed by atoms with Crippen molar-refractivity contribution in [3.05, 3.63) is 29.6 Å². The number of amides is 2. The number of nitrogens with zero attached hydrogens (tertiary/aromatic N) is 4. The molecule has 1 atom stereocenters. The minimum atomic E-state index is -0.327. The van der Waals surface area contributed by atoms with E-state index in [1.54, 1.807) is 4.90 Å². The van der Waals surface area contributed by atoms with Crippen molar-refractivity contribution in [2.75, 3.05) is 31.1 Å². The Morgan fingerprint density at radius 3 is 2.69 bits per heavy atom. The van der Waals surface area contributed by atoms with Crippen LogP contribution >= 0.6 is 0 Å². The maximum atomic E-state index is 13.0. The molecule has 2 N–H and O–H groups in total. The summed E-state index contributed by atoms with van der Waals surface area (Å²) in [7, 11) is 0. The average Bonchev–Trinajstić information content (AvgIpc) is 2.97. The number of nitrogens with two attached hydrogens (primary N) is 1. The topological polar surface area (TPSA) is 83.9 Å². The van der Waals surface area contributed by atoms with Crippen LogP contribution in [0.1, 0.15) is 42.7 Å². The Morgan fingerprint density at radius 2 is 2.04 bits per heavy atom. The molecule has 0 spiro atoms. The number of fused-ring (bicyclic) bond motifs is 1. The molecular weight excluding hydrogens is 330 g/mol.